The summed E-state index contributed by atoms with van der Waals surface area (Å²) in [5.41, 5.74) is 0. The van der Waals surface area contributed by atoms with Gasteiger partial charge < -0.3 is 14.2 Å². The molecule has 0 radical (unpaired) electrons. The van der Waals surface area contributed by atoms with Crippen molar-refractivity contribution < 1.29 is 28.6 Å². The molecule has 0 saturated heterocycles. The van der Waals surface area contributed by atoms with Gasteiger partial charge in [0.25, 0.3) is 0 Å². The summed E-state index contributed by atoms with van der Waals surface area (Å²) in [5.74, 6) is -0.879. The third kappa shape index (κ3) is 61.3. The van der Waals surface area contributed by atoms with Crippen molar-refractivity contribution >= 4 is 17.9 Å². The SMILES string of the molecule is CC/C=C\C/C=C\C/C=C\C/C=C\C/C=C\C/C=C\CCCCCCCCCCCCCCCCCCC(=O)OCC(COC(=O)CCCCCCCCC)OC(=O)CCCCCCC/C=C\CCCCCCCC. The Kier molecular flexibility index (Phi) is 60.3. The van der Waals surface area contributed by atoms with E-state index in [2.05, 4.69) is 106 Å². The fourth-order valence-corrected chi connectivity index (χ4v) is 9.09. The first kappa shape index (κ1) is 71.6. The van der Waals surface area contributed by atoms with Crippen LogP contribution >= 0.6 is 0 Å². The monoisotopic (exact) mass is 1040 g/mol. The molecule has 0 fully saturated rings. The number of hydrogen-bond donors (Lipinski definition) is 0. The van der Waals surface area contributed by atoms with Crippen LogP contribution in [0.15, 0.2) is 85.1 Å². The van der Waals surface area contributed by atoms with Crippen LogP contribution in [-0.4, -0.2) is 37.2 Å². The van der Waals surface area contributed by atoms with Gasteiger partial charge in [0.05, 0.1) is 0 Å². The molecule has 0 aliphatic carbocycles. The van der Waals surface area contributed by atoms with Crippen LogP contribution in [0.3, 0.4) is 0 Å². The topological polar surface area (TPSA) is 78.9 Å². The second-order valence-corrected chi connectivity index (χ2v) is 21.3. The average molecular weight is 1050 g/mol. The summed E-state index contributed by atoms with van der Waals surface area (Å²) in [6.07, 6.45) is 83.4. The first-order valence-corrected chi connectivity index (χ1v) is 32.1. The number of rotatable bonds is 58. The van der Waals surface area contributed by atoms with Crippen LogP contribution in [0.25, 0.3) is 0 Å². The van der Waals surface area contributed by atoms with Crippen LogP contribution in [0.4, 0.5) is 0 Å². The minimum Gasteiger partial charge on any atom is -0.462 e. The second-order valence-electron chi connectivity index (χ2n) is 21.3. The Morgan fingerprint density at radius 1 is 0.280 bits per heavy atom. The van der Waals surface area contributed by atoms with Crippen LogP contribution in [0.5, 0.6) is 0 Å². The van der Waals surface area contributed by atoms with Crippen molar-refractivity contribution in [2.75, 3.05) is 13.2 Å². The van der Waals surface area contributed by atoms with Crippen LogP contribution in [0.2, 0.25) is 0 Å². The Balaban J connectivity index is 4.00. The molecule has 0 aliphatic heterocycles. The average Bonchev–Trinajstić information content (AvgIpc) is 3.41. The molecule has 6 heteroatoms. The van der Waals surface area contributed by atoms with Crippen molar-refractivity contribution in [2.45, 2.75) is 322 Å². The standard InChI is InChI=1S/C69H120O6/c1-4-7-10-13-16-18-20-22-24-25-26-27-28-29-30-31-32-33-34-35-36-37-38-39-40-41-42-43-45-46-48-50-53-56-59-62-68(71)74-65-66(64-73-67(70)61-58-55-52-15-12-9-6-3)75-69(72)63-60-57-54-51-49-47-44-23-21-19-17-14-11-8-5-2/h7,10,16,18,22-24,26-27,29-30,32-33,44,66H,4-6,8-9,11-15,17,19-21,25,28,31,34-43,45-65H2,1-3H3/b10-7-,18-16-,24-22-,27-26-,30-29-,33-32-,44-23-. The number of unbranched alkanes of at least 4 members (excludes halogenated alkanes) is 33. The van der Waals surface area contributed by atoms with E-state index < -0.39 is 6.10 Å². The third-order valence-corrected chi connectivity index (χ3v) is 13.9. The summed E-state index contributed by atoms with van der Waals surface area (Å²) in [4.78, 5) is 38.0. The molecule has 6 nitrogen and oxygen atoms in total. The fourth-order valence-electron chi connectivity index (χ4n) is 9.09. The van der Waals surface area contributed by atoms with E-state index in [1.165, 1.54) is 173 Å². The zero-order chi connectivity index (χ0) is 54.3. The van der Waals surface area contributed by atoms with E-state index in [-0.39, 0.29) is 31.1 Å². The molecule has 432 valence electrons. The molecular weight excluding hydrogens is 925 g/mol. The molecule has 75 heavy (non-hydrogen) atoms. The van der Waals surface area contributed by atoms with E-state index in [0.29, 0.717) is 19.3 Å². The highest BCUT2D eigenvalue weighted by atomic mass is 16.6. The Bertz CT molecular complexity index is 1430. The molecule has 0 aromatic carbocycles. The molecule has 1 unspecified atom stereocenters. The van der Waals surface area contributed by atoms with Crippen molar-refractivity contribution in [2.24, 2.45) is 0 Å². The largest absolute Gasteiger partial charge is 0.462 e. The van der Waals surface area contributed by atoms with Crippen LogP contribution in [0, 0.1) is 0 Å². The van der Waals surface area contributed by atoms with E-state index in [4.69, 9.17) is 14.2 Å². The van der Waals surface area contributed by atoms with Gasteiger partial charge in [-0.05, 0) is 96.3 Å². The van der Waals surface area contributed by atoms with Crippen molar-refractivity contribution in [1.82, 2.24) is 0 Å². The zero-order valence-corrected chi connectivity index (χ0v) is 49.6. The highest BCUT2D eigenvalue weighted by Crippen LogP contribution is 2.16. The molecular formula is C69H120O6. The van der Waals surface area contributed by atoms with Crippen LogP contribution in [-0.2, 0) is 28.6 Å². The smallest absolute Gasteiger partial charge is 0.306 e. The predicted octanol–water partition coefficient (Wildman–Crippen LogP) is 21.9. The van der Waals surface area contributed by atoms with Gasteiger partial charge in [-0.15, -0.1) is 0 Å². The van der Waals surface area contributed by atoms with Gasteiger partial charge in [-0.2, -0.15) is 0 Å². The minimum absolute atomic E-state index is 0.0754. The van der Waals surface area contributed by atoms with Crippen molar-refractivity contribution in [3.05, 3.63) is 85.1 Å². The summed E-state index contributed by atoms with van der Waals surface area (Å²) < 4.78 is 16.8. The number of carbonyl (C=O) groups excluding carboxylic acids is 3. The molecule has 0 aliphatic rings. The summed E-state index contributed by atoms with van der Waals surface area (Å²) in [7, 11) is 0. The minimum atomic E-state index is -0.775. The number of carbonyl (C=O) groups is 3. The number of esters is 3. The van der Waals surface area contributed by atoms with Gasteiger partial charge in [-0.1, -0.05) is 286 Å². The van der Waals surface area contributed by atoms with Gasteiger partial charge in [0.15, 0.2) is 6.10 Å². The maximum absolute atomic E-state index is 12.8. The maximum Gasteiger partial charge on any atom is 0.306 e. The van der Waals surface area contributed by atoms with Gasteiger partial charge in [0.2, 0.25) is 0 Å². The molecule has 0 saturated carbocycles. The van der Waals surface area contributed by atoms with E-state index in [1.807, 2.05) is 0 Å². The lowest BCUT2D eigenvalue weighted by Crippen LogP contribution is -2.30. The first-order chi connectivity index (χ1) is 37.0. The number of allylic oxidation sites excluding steroid dienone is 14. The lowest BCUT2D eigenvalue weighted by atomic mass is 10.0. The third-order valence-electron chi connectivity index (χ3n) is 13.9. The molecule has 1 atom stereocenters. The van der Waals surface area contributed by atoms with Gasteiger partial charge in [-0.3, -0.25) is 14.4 Å². The summed E-state index contributed by atoms with van der Waals surface area (Å²) >= 11 is 0. The number of hydrogen-bond acceptors (Lipinski definition) is 6. The predicted molar refractivity (Wildman–Crippen MR) is 325 cm³/mol. The first-order valence-electron chi connectivity index (χ1n) is 32.1. The number of ether oxygens (including phenoxy) is 3. The van der Waals surface area contributed by atoms with Crippen molar-refractivity contribution in [3.8, 4) is 0 Å². The summed E-state index contributed by atoms with van der Waals surface area (Å²) in [6, 6.07) is 0. The van der Waals surface area contributed by atoms with Crippen molar-refractivity contribution in [3.63, 3.8) is 0 Å². The quantitative estimate of drug-likeness (QED) is 0.0261. The lowest BCUT2D eigenvalue weighted by molar-refractivity contribution is -0.167. The van der Waals surface area contributed by atoms with Gasteiger partial charge in [0, 0.05) is 19.3 Å². The summed E-state index contributed by atoms with van der Waals surface area (Å²) in [6.45, 7) is 6.49. The van der Waals surface area contributed by atoms with E-state index in [9.17, 15) is 14.4 Å². The van der Waals surface area contributed by atoms with Crippen LogP contribution < -0.4 is 0 Å². The van der Waals surface area contributed by atoms with Gasteiger partial charge in [-0.25, -0.2) is 0 Å². The second kappa shape index (κ2) is 63.1. The normalized spacial score (nSPS) is 12.6. The fraction of sp³-hybridized carbons (Fsp3) is 0.754. The highest BCUT2D eigenvalue weighted by molar-refractivity contribution is 5.71. The van der Waals surface area contributed by atoms with E-state index in [1.54, 1.807) is 0 Å². The molecule has 0 N–H and O–H groups in total. The van der Waals surface area contributed by atoms with E-state index >= 15 is 0 Å². The zero-order valence-electron chi connectivity index (χ0n) is 49.6. The molecule has 0 amide bonds. The molecule has 0 rings (SSSR count). The van der Waals surface area contributed by atoms with Crippen LogP contribution in [0.1, 0.15) is 316 Å². The van der Waals surface area contributed by atoms with Gasteiger partial charge in [0.1, 0.15) is 13.2 Å². The van der Waals surface area contributed by atoms with Crippen molar-refractivity contribution in [1.29, 1.82) is 0 Å². The maximum atomic E-state index is 12.8. The lowest BCUT2D eigenvalue weighted by Gasteiger charge is -2.18. The molecule has 0 bridgehead atoms. The highest BCUT2D eigenvalue weighted by Gasteiger charge is 2.19. The van der Waals surface area contributed by atoms with Gasteiger partial charge >= 0.3 is 17.9 Å². The van der Waals surface area contributed by atoms with E-state index in [0.717, 1.165) is 103 Å². The molecule has 0 aromatic rings. The molecule has 0 aromatic heterocycles. The molecule has 0 spiro atoms. The summed E-state index contributed by atoms with van der Waals surface area (Å²) in [5, 5.41) is 0. The Morgan fingerprint density at radius 3 is 0.827 bits per heavy atom. The Morgan fingerprint density at radius 2 is 0.520 bits per heavy atom. The molecule has 0 heterocycles. The Labute approximate surface area is 465 Å². The Hall–Kier alpha value is -3.41.